The smallest absolute Gasteiger partial charge is 0.405 e. The van der Waals surface area contributed by atoms with Crippen LogP contribution >= 0.6 is 0 Å². The molecule has 0 bridgehead atoms. The summed E-state index contributed by atoms with van der Waals surface area (Å²) in [6.07, 6.45) is 3.30. The van der Waals surface area contributed by atoms with E-state index in [-0.39, 0.29) is 19.3 Å². The van der Waals surface area contributed by atoms with E-state index in [1.54, 1.807) is 0 Å². The molecule has 2 unspecified atom stereocenters. The fraction of sp³-hybridized carbons (Fsp3) is 0.667. The minimum Gasteiger partial charge on any atom is -0.405 e. The second kappa shape index (κ2) is 6.34. The monoisotopic (exact) mass is 289 g/mol. The molecule has 3 heterocycles. The summed E-state index contributed by atoms with van der Waals surface area (Å²) in [7, 11) is 1.88. The zero-order valence-corrected chi connectivity index (χ0v) is 13.2. The van der Waals surface area contributed by atoms with Crippen LogP contribution in [0.25, 0.3) is 0 Å². The lowest BCUT2D eigenvalue weighted by molar-refractivity contribution is 0.0403. The normalized spacial score (nSPS) is 28.0. The summed E-state index contributed by atoms with van der Waals surface area (Å²) in [5.74, 6) is 1.05. The number of anilines is 1. The van der Waals surface area contributed by atoms with Crippen LogP contribution in [0, 0.1) is 0 Å². The van der Waals surface area contributed by atoms with E-state index in [4.69, 9.17) is 9.31 Å². The molecule has 2 fully saturated rings. The lowest BCUT2D eigenvalue weighted by Crippen LogP contribution is -2.47. The van der Waals surface area contributed by atoms with Crippen molar-refractivity contribution in [1.82, 2.24) is 9.88 Å². The number of piperazine rings is 1. The first-order chi connectivity index (χ1) is 10.1. The molecule has 2 aliphatic heterocycles. The van der Waals surface area contributed by atoms with Gasteiger partial charge >= 0.3 is 7.12 Å². The van der Waals surface area contributed by atoms with E-state index in [0.717, 1.165) is 43.9 Å². The van der Waals surface area contributed by atoms with E-state index >= 15 is 0 Å². The van der Waals surface area contributed by atoms with Gasteiger partial charge in [-0.05, 0) is 33.4 Å². The molecule has 6 heteroatoms. The van der Waals surface area contributed by atoms with E-state index in [0.29, 0.717) is 0 Å². The summed E-state index contributed by atoms with van der Waals surface area (Å²) >= 11 is 0. The van der Waals surface area contributed by atoms with E-state index in [1.165, 1.54) is 0 Å². The van der Waals surface area contributed by atoms with Gasteiger partial charge in [-0.2, -0.15) is 0 Å². The molecule has 21 heavy (non-hydrogen) atoms. The second-order valence-electron chi connectivity index (χ2n) is 6.20. The number of likely N-dealkylation sites (N-methyl/N-ethyl adjacent to an activating group) is 1. The van der Waals surface area contributed by atoms with Crippen LogP contribution in [0.2, 0.25) is 0 Å². The van der Waals surface area contributed by atoms with Crippen molar-refractivity contribution in [2.24, 2.45) is 0 Å². The van der Waals surface area contributed by atoms with Crippen molar-refractivity contribution >= 4 is 18.4 Å². The van der Waals surface area contributed by atoms with Crippen molar-refractivity contribution < 1.29 is 9.31 Å². The summed E-state index contributed by atoms with van der Waals surface area (Å²) in [6, 6.07) is 4.16. The van der Waals surface area contributed by atoms with Gasteiger partial charge in [0.05, 0.1) is 0 Å². The highest BCUT2D eigenvalue weighted by molar-refractivity contribution is 6.61. The summed E-state index contributed by atoms with van der Waals surface area (Å²) in [4.78, 5) is 9.28. The fourth-order valence-corrected chi connectivity index (χ4v) is 2.95. The summed E-state index contributed by atoms with van der Waals surface area (Å²) < 4.78 is 11.7. The van der Waals surface area contributed by atoms with Crippen molar-refractivity contribution in [3.05, 3.63) is 18.3 Å². The Labute approximate surface area is 127 Å². The van der Waals surface area contributed by atoms with E-state index in [9.17, 15) is 0 Å². The predicted molar refractivity (Wildman–Crippen MR) is 85.0 cm³/mol. The van der Waals surface area contributed by atoms with Gasteiger partial charge in [0.1, 0.15) is 5.82 Å². The third kappa shape index (κ3) is 3.57. The number of rotatable bonds is 2. The Bertz CT molecular complexity index is 452. The zero-order chi connectivity index (χ0) is 14.8. The minimum atomic E-state index is -0.280. The molecule has 3 rings (SSSR count). The predicted octanol–water partition coefficient (Wildman–Crippen LogP) is 0.742. The first-order valence-electron chi connectivity index (χ1n) is 7.82. The molecule has 2 aliphatic rings. The zero-order valence-electron chi connectivity index (χ0n) is 13.2. The Morgan fingerprint density at radius 3 is 2.33 bits per heavy atom. The number of nitrogens with zero attached hydrogens (tertiary/aromatic N) is 3. The van der Waals surface area contributed by atoms with Gasteiger partial charge in [-0.3, -0.25) is 0 Å². The minimum absolute atomic E-state index is 0.232. The average Bonchev–Trinajstić information content (AvgIpc) is 2.47. The highest BCUT2D eigenvalue weighted by atomic mass is 16.6. The fourth-order valence-electron chi connectivity index (χ4n) is 2.95. The number of hydrogen-bond donors (Lipinski definition) is 0. The Morgan fingerprint density at radius 2 is 1.76 bits per heavy atom. The van der Waals surface area contributed by atoms with Crippen molar-refractivity contribution in [3.8, 4) is 0 Å². The summed E-state index contributed by atoms with van der Waals surface area (Å²) in [5.41, 5.74) is 1.01. The van der Waals surface area contributed by atoms with Crippen LogP contribution in [0.1, 0.15) is 20.3 Å². The Kier molecular flexibility index (Phi) is 4.47. The summed E-state index contributed by atoms with van der Waals surface area (Å²) in [5, 5.41) is 0. The SMILES string of the molecule is CC1CC(C)OB(c2ccc(N3CCN(C)CC3)nc2)O1. The molecule has 0 spiro atoms. The van der Waals surface area contributed by atoms with Gasteiger partial charge in [0.25, 0.3) is 0 Å². The first-order valence-corrected chi connectivity index (χ1v) is 7.82. The highest BCUT2D eigenvalue weighted by Crippen LogP contribution is 2.16. The van der Waals surface area contributed by atoms with E-state index in [1.807, 2.05) is 6.20 Å². The summed E-state index contributed by atoms with van der Waals surface area (Å²) in [6.45, 7) is 8.44. The molecule has 1 aromatic rings. The van der Waals surface area contributed by atoms with Crippen molar-refractivity contribution in [2.75, 3.05) is 38.1 Å². The third-order valence-corrected chi connectivity index (χ3v) is 4.25. The van der Waals surface area contributed by atoms with Gasteiger partial charge in [0.2, 0.25) is 0 Å². The molecule has 0 aromatic carbocycles. The molecule has 0 saturated carbocycles. The molecule has 2 atom stereocenters. The molecule has 114 valence electrons. The van der Waals surface area contributed by atoms with Gasteiger partial charge in [-0.15, -0.1) is 0 Å². The van der Waals surface area contributed by atoms with Crippen LogP contribution in [0.15, 0.2) is 18.3 Å². The number of hydrogen-bond acceptors (Lipinski definition) is 5. The van der Waals surface area contributed by atoms with Crippen molar-refractivity contribution in [3.63, 3.8) is 0 Å². The van der Waals surface area contributed by atoms with Gasteiger partial charge in [0.15, 0.2) is 0 Å². The molecule has 0 aliphatic carbocycles. The van der Waals surface area contributed by atoms with Gasteiger partial charge < -0.3 is 19.1 Å². The van der Waals surface area contributed by atoms with Gasteiger partial charge in [-0.1, -0.05) is 6.07 Å². The highest BCUT2D eigenvalue weighted by Gasteiger charge is 2.32. The Morgan fingerprint density at radius 1 is 1.10 bits per heavy atom. The average molecular weight is 289 g/mol. The lowest BCUT2D eigenvalue weighted by atomic mass is 9.78. The number of pyridine rings is 1. The number of aromatic nitrogens is 1. The standard InChI is InChI=1S/C15H24BN3O2/c1-12-10-13(2)21-16(20-12)14-4-5-15(17-11-14)19-8-6-18(3)7-9-19/h4-5,11-13H,6-10H2,1-3H3. The Balaban J connectivity index is 1.66. The molecular weight excluding hydrogens is 265 g/mol. The van der Waals surface area contributed by atoms with Crippen LogP contribution in [-0.4, -0.2) is 62.4 Å². The lowest BCUT2D eigenvalue weighted by Gasteiger charge is -2.33. The quantitative estimate of drug-likeness (QED) is 0.751. The Hall–Kier alpha value is -1.11. The van der Waals surface area contributed by atoms with Crippen LogP contribution in [0.4, 0.5) is 5.82 Å². The maximum absolute atomic E-state index is 5.86. The molecule has 0 N–H and O–H groups in total. The van der Waals surface area contributed by atoms with Gasteiger partial charge in [-0.25, -0.2) is 4.98 Å². The van der Waals surface area contributed by atoms with Crippen LogP contribution in [-0.2, 0) is 9.31 Å². The van der Waals surface area contributed by atoms with E-state index < -0.39 is 0 Å². The molecule has 2 saturated heterocycles. The second-order valence-corrected chi connectivity index (χ2v) is 6.20. The maximum Gasteiger partial charge on any atom is 0.495 e. The van der Waals surface area contributed by atoms with Crippen molar-refractivity contribution in [1.29, 1.82) is 0 Å². The molecule has 0 radical (unpaired) electrons. The first kappa shape index (κ1) is 14.8. The van der Waals surface area contributed by atoms with Crippen LogP contribution < -0.4 is 10.4 Å². The molecule has 5 nitrogen and oxygen atoms in total. The van der Waals surface area contributed by atoms with Crippen LogP contribution in [0.5, 0.6) is 0 Å². The largest absolute Gasteiger partial charge is 0.495 e. The van der Waals surface area contributed by atoms with Crippen LogP contribution in [0.3, 0.4) is 0 Å². The maximum atomic E-state index is 5.86. The van der Waals surface area contributed by atoms with E-state index in [2.05, 4.69) is 47.8 Å². The molecule has 0 amide bonds. The van der Waals surface area contributed by atoms with Gasteiger partial charge in [0, 0.05) is 50.0 Å². The van der Waals surface area contributed by atoms with Crippen molar-refractivity contribution in [2.45, 2.75) is 32.5 Å². The topological polar surface area (TPSA) is 37.8 Å². The molecular formula is C15H24BN3O2. The molecule has 1 aromatic heterocycles. The third-order valence-electron chi connectivity index (χ3n) is 4.25.